The van der Waals surface area contributed by atoms with Crippen molar-refractivity contribution in [3.05, 3.63) is 10.6 Å². The van der Waals surface area contributed by atoms with Gasteiger partial charge in [0.1, 0.15) is 0 Å². The van der Waals surface area contributed by atoms with Gasteiger partial charge in [0.25, 0.3) is 0 Å². The van der Waals surface area contributed by atoms with Gasteiger partial charge in [0.05, 0.1) is 11.7 Å². The molecule has 1 atom stereocenters. The van der Waals surface area contributed by atoms with Crippen LogP contribution < -0.4 is 10.2 Å². The zero-order valence-corrected chi connectivity index (χ0v) is 13.6. The zero-order chi connectivity index (χ0) is 13.9. The Morgan fingerprint density at radius 1 is 1.30 bits per heavy atom. The third-order valence-corrected chi connectivity index (χ3v) is 5.60. The summed E-state index contributed by atoms with van der Waals surface area (Å²) < 4.78 is 0. The number of nitrogens with zero attached hydrogens (tertiary/aromatic N) is 2. The molecule has 0 aliphatic heterocycles. The number of anilines is 1. The molecule has 1 heterocycles. The van der Waals surface area contributed by atoms with Crippen molar-refractivity contribution in [3.63, 3.8) is 0 Å². The Morgan fingerprint density at radius 2 is 2.15 bits per heavy atom. The SMILES string of the molecule is CCCNC1CCCc2sc(N(CC)CC3CC3)nc21. The van der Waals surface area contributed by atoms with E-state index in [1.54, 1.807) is 0 Å². The average molecular weight is 293 g/mol. The highest BCUT2D eigenvalue weighted by molar-refractivity contribution is 7.15. The lowest BCUT2D eigenvalue weighted by Crippen LogP contribution is -2.27. The second kappa shape index (κ2) is 6.44. The Kier molecular flexibility index (Phi) is 4.61. The first-order valence-corrected chi connectivity index (χ1v) is 9.11. The van der Waals surface area contributed by atoms with Crippen LogP contribution in [0.3, 0.4) is 0 Å². The first kappa shape index (κ1) is 14.3. The van der Waals surface area contributed by atoms with E-state index in [4.69, 9.17) is 4.98 Å². The van der Waals surface area contributed by atoms with E-state index in [-0.39, 0.29) is 0 Å². The standard InChI is InChI=1S/C16H27N3S/c1-3-10-17-13-6-5-7-14-15(13)18-16(20-14)19(4-2)11-12-8-9-12/h12-13,17H,3-11H2,1-2H3. The fourth-order valence-corrected chi connectivity index (χ4v) is 4.25. The molecule has 0 bridgehead atoms. The van der Waals surface area contributed by atoms with Gasteiger partial charge >= 0.3 is 0 Å². The predicted octanol–water partition coefficient (Wildman–Crippen LogP) is 3.76. The molecular weight excluding hydrogens is 266 g/mol. The normalized spacial score (nSPS) is 21.8. The van der Waals surface area contributed by atoms with Gasteiger partial charge in [0, 0.05) is 18.0 Å². The molecule has 4 heteroatoms. The van der Waals surface area contributed by atoms with Crippen molar-refractivity contribution < 1.29 is 0 Å². The second-order valence-electron chi connectivity index (χ2n) is 6.19. The number of rotatable bonds is 7. The minimum Gasteiger partial charge on any atom is -0.348 e. The topological polar surface area (TPSA) is 28.2 Å². The Bertz CT molecular complexity index is 439. The van der Waals surface area contributed by atoms with Crippen LogP contribution in [-0.2, 0) is 6.42 Å². The fourth-order valence-electron chi connectivity index (χ4n) is 3.01. The minimum atomic E-state index is 0.503. The van der Waals surface area contributed by atoms with Gasteiger partial charge in [0.2, 0.25) is 0 Å². The highest BCUT2D eigenvalue weighted by Crippen LogP contribution is 2.38. The molecular formula is C16H27N3S. The molecule has 0 aromatic carbocycles. The van der Waals surface area contributed by atoms with Crippen LogP contribution in [-0.4, -0.2) is 24.6 Å². The van der Waals surface area contributed by atoms with E-state index in [0.717, 1.165) is 19.0 Å². The van der Waals surface area contributed by atoms with Crippen LogP contribution in [0, 0.1) is 5.92 Å². The summed E-state index contributed by atoms with van der Waals surface area (Å²) >= 11 is 1.95. The van der Waals surface area contributed by atoms with Crippen LogP contribution in [0.15, 0.2) is 0 Å². The number of aromatic nitrogens is 1. The number of thiazole rings is 1. The minimum absolute atomic E-state index is 0.503. The summed E-state index contributed by atoms with van der Waals surface area (Å²) in [5.41, 5.74) is 1.36. The van der Waals surface area contributed by atoms with Crippen LogP contribution in [0.2, 0.25) is 0 Å². The summed E-state index contributed by atoms with van der Waals surface area (Å²) in [5.74, 6) is 0.935. The monoisotopic (exact) mass is 293 g/mol. The summed E-state index contributed by atoms with van der Waals surface area (Å²) in [6.07, 6.45) is 7.84. The lowest BCUT2D eigenvalue weighted by molar-refractivity contribution is 0.454. The van der Waals surface area contributed by atoms with Gasteiger partial charge in [-0.1, -0.05) is 6.92 Å². The van der Waals surface area contributed by atoms with E-state index < -0.39 is 0 Å². The number of nitrogens with one attached hydrogen (secondary N) is 1. The molecule has 1 aromatic rings. The summed E-state index contributed by atoms with van der Waals surface area (Å²) in [6, 6.07) is 0.503. The number of hydrogen-bond donors (Lipinski definition) is 1. The lowest BCUT2D eigenvalue weighted by atomic mass is 9.97. The lowest BCUT2D eigenvalue weighted by Gasteiger charge is -2.22. The number of aryl methyl sites for hydroxylation is 1. The van der Waals surface area contributed by atoms with Gasteiger partial charge in [-0.05, 0) is 57.9 Å². The van der Waals surface area contributed by atoms with Gasteiger partial charge < -0.3 is 10.2 Å². The molecule has 1 aromatic heterocycles. The number of hydrogen-bond acceptors (Lipinski definition) is 4. The molecule has 3 rings (SSSR count). The second-order valence-corrected chi connectivity index (χ2v) is 7.25. The van der Waals surface area contributed by atoms with Crippen LogP contribution in [0.5, 0.6) is 0 Å². The quantitative estimate of drug-likeness (QED) is 0.829. The van der Waals surface area contributed by atoms with E-state index in [1.807, 2.05) is 11.3 Å². The smallest absolute Gasteiger partial charge is 0.185 e. The maximum Gasteiger partial charge on any atom is 0.185 e. The molecule has 112 valence electrons. The molecule has 1 saturated carbocycles. The van der Waals surface area contributed by atoms with E-state index in [1.165, 1.54) is 60.8 Å². The van der Waals surface area contributed by atoms with E-state index >= 15 is 0 Å². The Balaban J connectivity index is 1.74. The molecule has 3 nitrogen and oxygen atoms in total. The van der Waals surface area contributed by atoms with Crippen LogP contribution >= 0.6 is 11.3 Å². The first-order valence-electron chi connectivity index (χ1n) is 8.29. The van der Waals surface area contributed by atoms with Crippen molar-refractivity contribution in [3.8, 4) is 0 Å². The van der Waals surface area contributed by atoms with Gasteiger partial charge in [-0.25, -0.2) is 4.98 Å². The van der Waals surface area contributed by atoms with Gasteiger partial charge in [-0.3, -0.25) is 0 Å². The van der Waals surface area contributed by atoms with Crippen LogP contribution in [0.25, 0.3) is 0 Å². The predicted molar refractivity (Wildman–Crippen MR) is 86.7 cm³/mol. The Labute approximate surface area is 126 Å². The fraction of sp³-hybridized carbons (Fsp3) is 0.812. The van der Waals surface area contributed by atoms with Gasteiger partial charge in [0.15, 0.2) is 5.13 Å². The summed E-state index contributed by atoms with van der Waals surface area (Å²) in [6.45, 7) is 7.91. The molecule has 1 unspecified atom stereocenters. The molecule has 0 amide bonds. The van der Waals surface area contributed by atoms with E-state index in [0.29, 0.717) is 6.04 Å². The summed E-state index contributed by atoms with van der Waals surface area (Å²) in [4.78, 5) is 9.05. The first-order chi connectivity index (χ1) is 9.81. The van der Waals surface area contributed by atoms with E-state index in [2.05, 4.69) is 24.1 Å². The van der Waals surface area contributed by atoms with Crippen LogP contribution in [0.4, 0.5) is 5.13 Å². The van der Waals surface area contributed by atoms with Crippen molar-refractivity contribution in [1.82, 2.24) is 10.3 Å². The summed E-state index contributed by atoms with van der Waals surface area (Å²) in [7, 11) is 0. The van der Waals surface area contributed by atoms with Crippen molar-refractivity contribution in [2.45, 2.75) is 58.4 Å². The molecule has 0 radical (unpaired) electrons. The molecule has 1 N–H and O–H groups in total. The van der Waals surface area contributed by atoms with Crippen molar-refractivity contribution in [1.29, 1.82) is 0 Å². The van der Waals surface area contributed by atoms with Crippen LogP contribution in [0.1, 0.15) is 62.6 Å². The molecule has 2 aliphatic carbocycles. The van der Waals surface area contributed by atoms with E-state index in [9.17, 15) is 0 Å². The highest BCUT2D eigenvalue weighted by atomic mass is 32.1. The molecule has 0 saturated heterocycles. The van der Waals surface area contributed by atoms with Gasteiger partial charge in [-0.2, -0.15) is 0 Å². The van der Waals surface area contributed by atoms with Gasteiger partial charge in [-0.15, -0.1) is 11.3 Å². The molecule has 0 spiro atoms. The third kappa shape index (κ3) is 3.17. The average Bonchev–Trinajstić information content (AvgIpc) is 3.18. The molecule has 2 aliphatic rings. The molecule has 1 fully saturated rings. The molecule has 20 heavy (non-hydrogen) atoms. The highest BCUT2D eigenvalue weighted by Gasteiger charge is 2.28. The maximum absolute atomic E-state index is 5.02. The van der Waals surface area contributed by atoms with Crippen molar-refractivity contribution >= 4 is 16.5 Å². The summed E-state index contributed by atoms with van der Waals surface area (Å²) in [5, 5.41) is 4.95. The Morgan fingerprint density at radius 3 is 2.85 bits per heavy atom. The third-order valence-electron chi connectivity index (χ3n) is 4.41. The maximum atomic E-state index is 5.02. The zero-order valence-electron chi connectivity index (χ0n) is 12.8. The largest absolute Gasteiger partial charge is 0.348 e. The number of fused-ring (bicyclic) bond motifs is 1. The Hall–Kier alpha value is -0.610. The van der Waals surface area contributed by atoms with Crippen molar-refractivity contribution in [2.24, 2.45) is 5.92 Å². The van der Waals surface area contributed by atoms with Crippen molar-refractivity contribution in [2.75, 3.05) is 24.5 Å².